The van der Waals surface area contributed by atoms with Gasteiger partial charge in [-0.15, -0.1) is 0 Å². The third-order valence-corrected chi connectivity index (χ3v) is 7.95. The molecule has 0 fully saturated rings. The maximum absolute atomic E-state index is 13.5. The highest BCUT2D eigenvalue weighted by Gasteiger charge is 2.34. The van der Waals surface area contributed by atoms with Gasteiger partial charge in [0, 0.05) is 22.3 Å². The van der Waals surface area contributed by atoms with Crippen molar-refractivity contribution >= 4 is 50.4 Å². The van der Waals surface area contributed by atoms with Gasteiger partial charge in [0.15, 0.2) is 9.84 Å². The molecule has 6 nitrogen and oxygen atoms in total. The predicted octanol–water partition coefficient (Wildman–Crippen LogP) is 7.10. The molecule has 37 heavy (non-hydrogen) atoms. The summed E-state index contributed by atoms with van der Waals surface area (Å²) in [6.45, 7) is 0. The number of hydrogen-bond donors (Lipinski definition) is 0. The predicted molar refractivity (Wildman–Crippen MR) is 133 cm³/mol. The largest absolute Gasteiger partial charge is 0.417 e. The summed E-state index contributed by atoms with van der Waals surface area (Å²) >= 11 is 17.8. The Kier molecular flexibility index (Phi) is 7.66. The van der Waals surface area contributed by atoms with Crippen LogP contribution in [-0.4, -0.2) is 30.1 Å². The van der Waals surface area contributed by atoms with Crippen molar-refractivity contribution in [1.29, 1.82) is 0 Å². The minimum absolute atomic E-state index is 0.133. The Morgan fingerprint density at radius 2 is 1.46 bits per heavy atom. The van der Waals surface area contributed by atoms with Gasteiger partial charge in [-0.25, -0.2) is 8.42 Å². The average Bonchev–Trinajstić information content (AvgIpc) is 3.31. The number of hydrogen-bond acceptors (Lipinski definition) is 6. The van der Waals surface area contributed by atoms with E-state index in [4.69, 9.17) is 39.3 Å². The Morgan fingerprint density at radius 3 is 1.95 bits per heavy atom. The van der Waals surface area contributed by atoms with E-state index in [9.17, 15) is 26.4 Å². The minimum Gasteiger partial charge on any atom is -0.352 e. The maximum atomic E-state index is 13.5. The molecule has 0 spiro atoms. The molecule has 192 valence electrons. The second-order valence-electron chi connectivity index (χ2n) is 7.84. The number of aromatic nitrogens is 2. The topological polar surface area (TPSA) is 90.1 Å². The quantitative estimate of drug-likeness (QED) is 0.214. The van der Waals surface area contributed by atoms with Crippen LogP contribution < -0.4 is 0 Å². The van der Waals surface area contributed by atoms with Crippen molar-refractivity contribution in [3.63, 3.8) is 0 Å². The van der Waals surface area contributed by atoms with E-state index in [-0.39, 0.29) is 16.4 Å². The fourth-order valence-electron chi connectivity index (χ4n) is 3.52. The molecular weight excluding hydrogens is 576 g/mol. The van der Waals surface area contributed by atoms with Crippen LogP contribution in [0.1, 0.15) is 32.5 Å². The number of pyridine rings is 1. The van der Waals surface area contributed by atoms with Crippen LogP contribution in [0.2, 0.25) is 15.1 Å². The maximum Gasteiger partial charge on any atom is 0.417 e. The molecule has 0 aliphatic heterocycles. The van der Waals surface area contributed by atoms with Gasteiger partial charge in [0.2, 0.25) is 11.5 Å². The number of halogens is 6. The zero-order valence-corrected chi connectivity index (χ0v) is 21.4. The lowest BCUT2D eigenvalue weighted by atomic mass is 10.0. The molecule has 0 saturated heterocycles. The van der Waals surface area contributed by atoms with Crippen molar-refractivity contribution < 1.29 is 30.9 Å². The molecule has 2 aromatic heterocycles. The van der Waals surface area contributed by atoms with Gasteiger partial charge in [0.05, 0.1) is 10.6 Å². The Morgan fingerprint density at radius 1 is 0.919 bits per heavy atom. The van der Waals surface area contributed by atoms with E-state index in [2.05, 4.69) is 10.1 Å². The molecule has 0 saturated carbocycles. The van der Waals surface area contributed by atoms with Crippen LogP contribution in [0.3, 0.4) is 0 Å². The fourth-order valence-corrected chi connectivity index (χ4v) is 5.85. The van der Waals surface area contributed by atoms with Crippen molar-refractivity contribution in [1.82, 2.24) is 10.1 Å². The van der Waals surface area contributed by atoms with Crippen LogP contribution in [0.25, 0.3) is 11.4 Å². The van der Waals surface area contributed by atoms with Gasteiger partial charge in [-0.05, 0) is 41.5 Å². The summed E-state index contributed by atoms with van der Waals surface area (Å²) in [4.78, 5) is 16.6. The lowest BCUT2D eigenvalue weighted by Crippen LogP contribution is -2.23. The highest BCUT2D eigenvalue weighted by atomic mass is 35.5. The molecule has 0 bridgehead atoms. The number of benzene rings is 2. The van der Waals surface area contributed by atoms with Gasteiger partial charge in [-0.1, -0.05) is 64.2 Å². The first-order valence-electron chi connectivity index (χ1n) is 10.3. The lowest BCUT2D eigenvalue weighted by molar-refractivity contribution is -0.137. The number of rotatable bonds is 7. The number of sulfone groups is 1. The zero-order valence-electron chi connectivity index (χ0n) is 18.3. The minimum atomic E-state index is -4.65. The van der Waals surface area contributed by atoms with Gasteiger partial charge in [0.25, 0.3) is 0 Å². The SMILES string of the molecule is O=C(CS(=O)(=O)C(c1ccc(Cl)cc1)c1ccc(Cl)cc1)c1cc(-c2ncc(C(F)(F)F)cc2Cl)no1. The highest BCUT2D eigenvalue weighted by molar-refractivity contribution is 7.92. The summed E-state index contributed by atoms with van der Waals surface area (Å²) in [5.74, 6) is -2.30. The molecule has 4 aromatic rings. The summed E-state index contributed by atoms with van der Waals surface area (Å²) in [6, 6.07) is 14.0. The smallest absolute Gasteiger partial charge is 0.352 e. The fraction of sp³-hybridized carbons (Fsp3) is 0.125. The van der Waals surface area contributed by atoms with Gasteiger partial charge in [-0.3, -0.25) is 9.78 Å². The summed E-state index contributed by atoms with van der Waals surface area (Å²) in [5, 5.41) is 2.82. The standard InChI is InChI=1S/C24H14Cl3F3N2O4S/c25-16-5-1-13(2-6-16)23(14-3-7-17(26)8-4-14)37(34,35)12-20(33)21-10-19(32-36-21)22-18(27)9-15(11-31-22)24(28,29)30/h1-11,23H,12H2. The number of Topliss-reactive ketones (excluding diaryl/α,β-unsaturated/α-hetero) is 1. The zero-order chi connectivity index (χ0) is 27.0. The molecule has 4 rings (SSSR count). The Bertz CT molecular complexity index is 1510. The molecule has 0 aliphatic carbocycles. The summed E-state index contributed by atoms with van der Waals surface area (Å²) in [5.41, 5.74) is -0.619. The van der Waals surface area contributed by atoms with E-state index in [1.807, 2.05) is 0 Å². The van der Waals surface area contributed by atoms with Crippen LogP contribution in [0.15, 0.2) is 71.4 Å². The first kappa shape index (κ1) is 27.1. The monoisotopic (exact) mass is 588 g/mol. The third kappa shape index (κ3) is 6.15. The van der Waals surface area contributed by atoms with Crippen molar-refractivity contribution in [3.8, 4) is 11.4 Å². The van der Waals surface area contributed by atoms with Gasteiger partial charge in [0.1, 0.15) is 22.4 Å². The molecule has 0 aliphatic rings. The number of ketones is 1. The molecule has 2 aromatic carbocycles. The van der Waals surface area contributed by atoms with Crippen molar-refractivity contribution in [2.45, 2.75) is 11.4 Å². The van der Waals surface area contributed by atoms with Gasteiger partial charge < -0.3 is 4.52 Å². The first-order chi connectivity index (χ1) is 17.3. The van der Waals surface area contributed by atoms with E-state index < -0.39 is 44.1 Å². The normalized spacial score (nSPS) is 12.2. The molecule has 0 radical (unpaired) electrons. The molecule has 2 heterocycles. The van der Waals surface area contributed by atoms with Gasteiger partial charge in [-0.2, -0.15) is 13.2 Å². The number of carbonyl (C=O) groups excluding carboxylic acids is 1. The summed E-state index contributed by atoms with van der Waals surface area (Å²) in [7, 11) is -4.18. The van der Waals surface area contributed by atoms with E-state index in [0.29, 0.717) is 33.4 Å². The Balaban J connectivity index is 1.63. The van der Waals surface area contributed by atoms with E-state index in [1.165, 1.54) is 48.5 Å². The highest BCUT2D eigenvalue weighted by Crippen LogP contribution is 2.35. The van der Waals surface area contributed by atoms with Crippen LogP contribution >= 0.6 is 34.8 Å². The molecular formula is C24H14Cl3F3N2O4S. The summed E-state index contributed by atoms with van der Waals surface area (Å²) in [6.07, 6.45) is -4.09. The van der Waals surface area contributed by atoms with Crippen molar-refractivity contribution in [2.24, 2.45) is 0 Å². The van der Waals surface area contributed by atoms with Crippen molar-refractivity contribution in [2.75, 3.05) is 5.75 Å². The van der Waals surface area contributed by atoms with Crippen molar-refractivity contribution in [3.05, 3.63) is 104 Å². The van der Waals surface area contributed by atoms with E-state index >= 15 is 0 Å². The Hall–Kier alpha value is -2.92. The lowest BCUT2D eigenvalue weighted by Gasteiger charge is -2.18. The first-order valence-corrected chi connectivity index (χ1v) is 13.2. The van der Waals surface area contributed by atoms with Crippen LogP contribution in [-0.2, 0) is 16.0 Å². The molecule has 0 atom stereocenters. The number of carbonyl (C=O) groups is 1. The molecule has 0 amide bonds. The second kappa shape index (κ2) is 10.4. The van der Waals surface area contributed by atoms with Gasteiger partial charge >= 0.3 is 6.18 Å². The van der Waals surface area contributed by atoms with Crippen LogP contribution in [0.5, 0.6) is 0 Å². The second-order valence-corrected chi connectivity index (χ2v) is 11.2. The number of nitrogens with zero attached hydrogens (tertiary/aromatic N) is 2. The molecule has 13 heteroatoms. The molecule has 0 unspecified atom stereocenters. The third-order valence-electron chi connectivity index (χ3n) is 5.23. The van der Waals surface area contributed by atoms with E-state index in [0.717, 1.165) is 6.07 Å². The Labute approximate surface area is 223 Å². The van der Waals surface area contributed by atoms with Crippen LogP contribution in [0, 0.1) is 0 Å². The number of alkyl halides is 3. The average molecular weight is 590 g/mol. The van der Waals surface area contributed by atoms with Crippen LogP contribution in [0.4, 0.5) is 13.2 Å². The van der Waals surface area contributed by atoms with E-state index in [1.54, 1.807) is 0 Å². The summed E-state index contributed by atoms with van der Waals surface area (Å²) < 4.78 is 70.5. The molecule has 0 N–H and O–H groups in total.